The van der Waals surface area contributed by atoms with Crippen molar-refractivity contribution < 1.29 is 53.4 Å². The van der Waals surface area contributed by atoms with Crippen molar-refractivity contribution in [2.45, 2.75) is 119 Å². The van der Waals surface area contributed by atoms with Gasteiger partial charge in [0.05, 0.1) is 14.2 Å². The Bertz CT molecular complexity index is 5400. The van der Waals surface area contributed by atoms with Gasteiger partial charge in [-0.05, 0) is 302 Å². The van der Waals surface area contributed by atoms with Crippen molar-refractivity contribution in [2.75, 3.05) is 46.9 Å². The van der Waals surface area contributed by atoms with Gasteiger partial charge in [0.15, 0.2) is 0 Å². The number of methoxy groups -OCH3 is 2. The number of benzene rings is 14. The first-order valence-electron chi connectivity index (χ1n) is 43.8. The zero-order chi connectivity index (χ0) is 93.7. The number of nitrogens with two attached hydrogens (primary N) is 7. The normalized spacial score (nSPS) is 12.0. The Labute approximate surface area is 760 Å². The molecule has 0 aromatic heterocycles. The van der Waals surface area contributed by atoms with Crippen LogP contribution >= 0.6 is 0 Å². The van der Waals surface area contributed by atoms with E-state index in [4.69, 9.17) is 49.6 Å². The van der Waals surface area contributed by atoms with Crippen molar-refractivity contribution in [1.29, 1.82) is 0 Å². The second-order valence-electron chi connectivity index (χ2n) is 31.8. The van der Waals surface area contributed by atoms with E-state index in [2.05, 4.69) is 48.5 Å². The number of ether oxygens (including phenoxy) is 2. The van der Waals surface area contributed by atoms with E-state index in [1.807, 2.05) is 142 Å². The number of halogens is 10. The first-order chi connectivity index (χ1) is 62.9. The predicted octanol–water partition coefficient (Wildman–Crippen LogP) is 25.0. The first-order valence-corrected chi connectivity index (χ1v) is 43.8. The van der Waals surface area contributed by atoms with E-state index in [0.29, 0.717) is 57.9 Å². The lowest BCUT2D eigenvalue weighted by Gasteiger charge is -2.24. The molecule has 0 saturated carbocycles. The molecule has 0 bridgehead atoms. The van der Waals surface area contributed by atoms with Crippen molar-refractivity contribution in [3.05, 3.63) is 488 Å². The molecular weight excluding hydrogens is 1650 g/mol. The predicted molar refractivity (Wildman–Crippen MR) is 510 cm³/mol. The quantitative estimate of drug-likeness (QED) is 0.0207. The van der Waals surface area contributed by atoms with E-state index in [9.17, 15) is 43.9 Å². The fraction of sp³-hybridized carbons (Fsp3) is 0.243. The highest BCUT2D eigenvalue weighted by Crippen LogP contribution is 2.38. The van der Waals surface area contributed by atoms with Crippen LogP contribution in [0.1, 0.15) is 185 Å². The summed E-state index contributed by atoms with van der Waals surface area (Å²) in [6.45, 7) is 8.63. The third-order valence-corrected chi connectivity index (χ3v) is 22.3. The van der Waals surface area contributed by atoms with Gasteiger partial charge in [-0.3, -0.25) is 0 Å². The molecule has 130 heavy (non-hydrogen) atoms. The van der Waals surface area contributed by atoms with Crippen molar-refractivity contribution in [2.24, 2.45) is 46.1 Å². The van der Waals surface area contributed by atoms with Gasteiger partial charge in [-0.1, -0.05) is 226 Å². The maximum absolute atomic E-state index is 13.4. The summed E-state index contributed by atoms with van der Waals surface area (Å²) >= 11 is 0. The molecule has 14 aromatic rings. The molecule has 14 aromatic carbocycles. The number of rotatable bonds is 31. The summed E-state index contributed by atoms with van der Waals surface area (Å²) in [6, 6.07) is 101. The van der Waals surface area contributed by atoms with E-state index in [1.54, 1.807) is 87.0 Å². The Morgan fingerprint density at radius 2 is 0.500 bits per heavy atom. The maximum Gasteiger partial charge on any atom is 0.123 e. The van der Waals surface area contributed by atoms with Crippen LogP contribution < -0.4 is 49.6 Å². The number of para-hydroxylation sites is 1. The topological polar surface area (TPSA) is 201 Å². The molecule has 5 atom stereocenters. The first kappa shape index (κ1) is 103. The Morgan fingerprint density at radius 1 is 0.254 bits per heavy atom. The molecular formula is C111H121F10N7O2. The van der Waals surface area contributed by atoms with Crippen molar-refractivity contribution in [3.8, 4) is 11.5 Å². The van der Waals surface area contributed by atoms with Gasteiger partial charge in [0.2, 0.25) is 0 Å². The SMILES string of the molecule is CC(CN)C(c1cccc(F)c1)c1cccc(F)c1.CC(N)CC(c1cccc(F)c1)c1cccc(F)c1.CCC(N)CC(c1cccc(F)c1)c1cccc(F)c1.COc1cccc(C(CCN)c2cccc(F)c2)c1.COc1ccccc1C(CCN)c1cccc(F)c1.NCCC(c1cccc(F)c1)c1cccc(F)c1.NCCC(c1ccccc1)c1ccccc1. The van der Waals surface area contributed by atoms with Crippen LogP contribution in [0, 0.1) is 64.1 Å². The molecule has 9 nitrogen and oxygen atoms in total. The van der Waals surface area contributed by atoms with Crippen molar-refractivity contribution >= 4 is 0 Å². The van der Waals surface area contributed by atoms with E-state index < -0.39 is 0 Å². The van der Waals surface area contributed by atoms with E-state index >= 15 is 0 Å². The molecule has 0 aliphatic rings. The molecule has 14 rings (SSSR count). The zero-order valence-electron chi connectivity index (χ0n) is 74.4. The maximum atomic E-state index is 13.4. The molecule has 0 aliphatic carbocycles. The minimum atomic E-state index is -0.289. The van der Waals surface area contributed by atoms with Gasteiger partial charge in [-0.25, -0.2) is 43.9 Å². The molecule has 0 amide bonds. The zero-order valence-corrected chi connectivity index (χ0v) is 74.4. The fourth-order valence-corrected chi connectivity index (χ4v) is 15.9. The van der Waals surface area contributed by atoms with E-state index in [0.717, 1.165) is 104 Å². The van der Waals surface area contributed by atoms with Crippen LogP contribution in [0.2, 0.25) is 0 Å². The minimum Gasteiger partial charge on any atom is -0.497 e. The summed E-state index contributed by atoms with van der Waals surface area (Å²) in [6.07, 6.45) is 5.33. The lowest BCUT2D eigenvalue weighted by molar-refractivity contribution is 0.406. The van der Waals surface area contributed by atoms with Gasteiger partial charge in [0.25, 0.3) is 0 Å². The Morgan fingerprint density at radius 3 is 0.785 bits per heavy atom. The summed E-state index contributed by atoms with van der Waals surface area (Å²) in [5.74, 6) is -0.805. The number of hydrogen-bond donors (Lipinski definition) is 7. The summed E-state index contributed by atoms with van der Waals surface area (Å²) in [4.78, 5) is 0. The third kappa shape index (κ3) is 33.6. The average molecular weight is 1780 g/mol. The lowest BCUT2D eigenvalue weighted by atomic mass is 9.81. The second kappa shape index (κ2) is 55.5. The highest BCUT2D eigenvalue weighted by Gasteiger charge is 2.25. The molecule has 0 fully saturated rings. The van der Waals surface area contributed by atoms with Gasteiger partial charge in [0.1, 0.15) is 69.7 Å². The van der Waals surface area contributed by atoms with Crippen molar-refractivity contribution in [1.82, 2.24) is 0 Å². The van der Waals surface area contributed by atoms with Crippen molar-refractivity contribution in [3.63, 3.8) is 0 Å². The second-order valence-corrected chi connectivity index (χ2v) is 31.8. The largest absolute Gasteiger partial charge is 0.497 e. The van der Waals surface area contributed by atoms with Crippen LogP contribution in [0.5, 0.6) is 11.5 Å². The monoisotopic (exact) mass is 1770 g/mol. The summed E-state index contributed by atoms with van der Waals surface area (Å²) in [5, 5.41) is 0. The average Bonchev–Trinajstić information content (AvgIpc) is 0.837. The smallest absolute Gasteiger partial charge is 0.123 e. The van der Waals surface area contributed by atoms with Gasteiger partial charge in [0, 0.05) is 59.1 Å². The summed E-state index contributed by atoms with van der Waals surface area (Å²) in [5.41, 5.74) is 53.6. The van der Waals surface area contributed by atoms with E-state index in [-0.39, 0.29) is 112 Å². The molecule has 0 spiro atoms. The Kier molecular flexibility index (Phi) is 44.0. The van der Waals surface area contributed by atoms with Gasteiger partial charge in [-0.2, -0.15) is 0 Å². The molecule has 14 N–H and O–H groups in total. The van der Waals surface area contributed by atoms with Gasteiger partial charge in [-0.15, -0.1) is 0 Å². The van der Waals surface area contributed by atoms with Gasteiger partial charge < -0.3 is 49.6 Å². The molecule has 0 heterocycles. The van der Waals surface area contributed by atoms with E-state index in [1.165, 1.54) is 120 Å². The van der Waals surface area contributed by atoms with Crippen LogP contribution in [0.3, 0.4) is 0 Å². The Hall–Kier alpha value is -12.3. The van der Waals surface area contributed by atoms with Crippen LogP contribution in [0.25, 0.3) is 0 Å². The Balaban J connectivity index is 0.000000187. The molecule has 0 radical (unpaired) electrons. The van der Waals surface area contributed by atoms with Crippen LogP contribution in [0.15, 0.2) is 352 Å². The van der Waals surface area contributed by atoms with Crippen LogP contribution in [0.4, 0.5) is 43.9 Å². The fourth-order valence-electron chi connectivity index (χ4n) is 15.9. The lowest BCUT2D eigenvalue weighted by Crippen LogP contribution is -2.22. The summed E-state index contributed by atoms with van der Waals surface area (Å²) < 4.78 is 144. The highest BCUT2D eigenvalue weighted by molar-refractivity contribution is 5.44. The molecule has 0 aliphatic heterocycles. The van der Waals surface area contributed by atoms with Crippen LogP contribution in [-0.4, -0.2) is 59.0 Å². The number of hydrogen-bond acceptors (Lipinski definition) is 9. The van der Waals surface area contributed by atoms with Gasteiger partial charge >= 0.3 is 0 Å². The molecule has 682 valence electrons. The minimum absolute atomic E-state index is 0.00605. The van der Waals surface area contributed by atoms with Crippen LogP contribution in [-0.2, 0) is 0 Å². The summed E-state index contributed by atoms with van der Waals surface area (Å²) in [7, 11) is 3.28. The standard InChI is InChI=1S/C17H19F2N.2C16H17F2N.2C16H18FNO.C15H15F2N.C15H17N/c1-2-16(20)11-17(12-5-3-7-14(18)9-12)13-6-4-8-15(19)10-13;1-11(10-19)16(12-4-2-6-14(17)8-12)13-5-3-7-15(18)9-13;1-11(19)8-16(12-4-2-6-14(17)9-12)13-5-3-7-15(18)10-13;1-19-15-7-3-5-13(11-15)16(8-9-18)12-4-2-6-14(17)10-12;1-19-16-8-3-2-7-15(16)14(9-10-18)12-5-4-6-13(17)11-12;16-13-5-1-3-11(9-13)15(7-8-18)12-4-2-6-14(17)10-12;16-12-11-15(13-7-3-1-4-8-13)14-9-5-2-6-10-14/h3-10,16-17H,2,11,20H2,1H3;2-9,11,16H,10,19H2,1H3;2-7,9-11,16H,8,19H2,1H3;2-7,10-11,16H,8-9,18H2,1H3;2-8,11,14H,9-10,18H2,1H3;1-6,9-10,15H,7-8,18H2;1-10,15H,11-12,16H2. The molecule has 5 unspecified atom stereocenters. The highest BCUT2D eigenvalue weighted by atomic mass is 19.2. The molecule has 0 saturated heterocycles. The molecule has 19 heteroatoms. The third-order valence-electron chi connectivity index (χ3n) is 22.3.